The van der Waals surface area contributed by atoms with Crippen molar-refractivity contribution in [2.45, 2.75) is 39.9 Å². The van der Waals surface area contributed by atoms with Crippen LogP contribution in [0.1, 0.15) is 45.7 Å². The Hall–Kier alpha value is -3.14. The number of aryl methyl sites for hydroxylation is 2. The van der Waals surface area contributed by atoms with Crippen molar-refractivity contribution >= 4 is 11.9 Å². The molecule has 0 radical (unpaired) electrons. The van der Waals surface area contributed by atoms with Crippen molar-refractivity contribution in [3.8, 4) is 11.8 Å². The van der Waals surface area contributed by atoms with Gasteiger partial charge in [0, 0.05) is 0 Å². The summed E-state index contributed by atoms with van der Waals surface area (Å²) in [5.74, 6) is 4.24. The van der Waals surface area contributed by atoms with Crippen molar-refractivity contribution in [1.29, 1.82) is 0 Å². The van der Waals surface area contributed by atoms with Gasteiger partial charge in [0.15, 0.2) is 12.2 Å². The van der Waals surface area contributed by atoms with Crippen molar-refractivity contribution in [2.24, 2.45) is 0 Å². The maximum absolute atomic E-state index is 12.0. The molecule has 0 saturated heterocycles. The summed E-state index contributed by atoms with van der Waals surface area (Å²) in [6.45, 7) is 6.84. The van der Waals surface area contributed by atoms with E-state index in [1.807, 2.05) is 12.1 Å². The van der Waals surface area contributed by atoms with E-state index in [0.717, 1.165) is 11.1 Å². The molecule has 0 aliphatic heterocycles. The molecule has 0 saturated carbocycles. The van der Waals surface area contributed by atoms with Gasteiger partial charge >= 0.3 is 11.9 Å². The van der Waals surface area contributed by atoms with E-state index in [1.165, 1.54) is 0 Å². The predicted molar refractivity (Wildman–Crippen MR) is 102 cm³/mol. The highest BCUT2D eigenvalue weighted by molar-refractivity contribution is 5.91. The highest BCUT2D eigenvalue weighted by atomic mass is 17.2. The quantitative estimate of drug-likeness (QED) is 0.428. The minimum Gasteiger partial charge on any atom is -0.292 e. The molecular formula is C22H22O6. The summed E-state index contributed by atoms with van der Waals surface area (Å²) < 4.78 is 0. The smallest absolute Gasteiger partial charge is 0.292 e. The lowest BCUT2D eigenvalue weighted by Gasteiger charge is -2.09. The Morgan fingerprint density at radius 2 is 1.07 bits per heavy atom. The molecule has 2 aromatic carbocycles. The molecule has 0 amide bonds. The lowest BCUT2D eigenvalue weighted by atomic mass is 10.1. The summed E-state index contributed by atoms with van der Waals surface area (Å²) in [6.07, 6.45) is -1.38. The lowest BCUT2D eigenvalue weighted by molar-refractivity contribution is -0.258. The van der Waals surface area contributed by atoms with Crippen LogP contribution in [0.2, 0.25) is 0 Å². The van der Waals surface area contributed by atoms with E-state index in [0.29, 0.717) is 11.1 Å². The normalized spacial score (nSPS) is 12.3. The number of benzene rings is 2. The molecule has 6 heteroatoms. The average Bonchev–Trinajstić information content (AvgIpc) is 2.69. The van der Waals surface area contributed by atoms with Gasteiger partial charge in [0.05, 0.1) is 11.1 Å². The molecule has 0 fully saturated rings. The Morgan fingerprint density at radius 1 is 0.714 bits per heavy atom. The monoisotopic (exact) mass is 382 g/mol. The van der Waals surface area contributed by atoms with Gasteiger partial charge in [-0.25, -0.2) is 9.59 Å². The Bertz CT molecular complexity index is 822. The van der Waals surface area contributed by atoms with Gasteiger partial charge in [-0.05, 0) is 51.0 Å². The zero-order valence-electron chi connectivity index (χ0n) is 16.2. The minimum absolute atomic E-state index is 0.419. The molecule has 0 N–H and O–H groups in total. The lowest BCUT2D eigenvalue weighted by Crippen LogP contribution is -2.15. The zero-order chi connectivity index (χ0) is 20.5. The summed E-state index contributed by atoms with van der Waals surface area (Å²) in [7, 11) is 0. The van der Waals surface area contributed by atoms with Crippen molar-refractivity contribution in [3.63, 3.8) is 0 Å². The summed E-state index contributed by atoms with van der Waals surface area (Å²) in [5.41, 5.74) is 2.41. The second-order valence-corrected chi connectivity index (χ2v) is 6.14. The largest absolute Gasteiger partial charge is 0.373 e. The first-order chi connectivity index (χ1) is 13.4. The van der Waals surface area contributed by atoms with Crippen LogP contribution in [0.15, 0.2) is 48.5 Å². The van der Waals surface area contributed by atoms with Gasteiger partial charge in [-0.15, -0.1) is 0 Å². The van der Waals surface area contributed by atoms with Gasteiger partial charge in [0.1, 0.15) is 0 Å². The summed E-state index contributed by atoms with van der Waals surface area (Å²) in [5, 5.41) is 0. The fourth-order valence-corrected chi connectivity index (χ4v) is 2.21. The van der Waals surface area contributed by atoms with Crippen LogP contribution in [0.3, 0.4) is 0 Å². The molecule has 28 heavy (non-hydrogen) atoms. The Morgan fingerprint density at radius 3 is 1.43 bits per heavy atom. The molecule has 2 unspecified atom stereocenters. The Labute approximate surface area is 164 Å². The molecule has 0 bridgehead atoms. The van der Waals surface area contributed by atoms with Gasteiger partial charge in [0.2, 0.25) is 0 Å². The van der Waals surface area contributed by atoms with Crippen LogP contribution in [0.5, 0.6) is 0 Å². The van der Waals surface area contributed by atoms with Crippen molar-refractivity contribution < 1.29 is 29.1 Å². The molecule has 146 valence electrons. The summed E-state index contributed by atoms with van der Waals surface area (Å²) >= 11 is 0. The molecule has 0 aliphatic rings. The van der Waals surface area contributed by atoms with Crippen LogP contribution in [-0.4, -0.2) is 24.1 Å². The molecule has 0 spiro atoms. The fraction of sp³-hybridized carbons (Fsp3) is 0.273. The third-order valence-corrected chi connectivity index (χ3v) is 3.76. The molecule has 2 atom stereocenters. The van der Waals surface area contributed by atoms with Crippen LogP contribution >= 0.6 is 0 Å². The molecule has 2 aromatic rings. The van der Waals surface area contributed by atoms with E-state index in [2.05, 4.69) is 11.8 Å². The standard InChI is InChI=1S/C22H22O6/c1-15-9-5-7-11-19(15)21(23)27-25-17(3)13-14-18(4)26-28-22(24)20-12-8-6-10-16(20)2/h5-12,17-18H,1-4H3. The Kier molecular flexibility index (Phi) is 7.76. The first-order valence-electron chi connectivity index (χ1n) is 8.76. The second-order valence-electron chi connectivity index (χ2n) is 6.14. The maximum Gasteiger partial charge on any atom is 0.373 e. The highest BCUT2D eigenvalue weighted by Crippen LogP contribution is 2.10. The number of carbonyl (C=O) groups is 2. The average molecular weight is 382 g/mol. The number of hydrogen-bond acceptors (Lipinski definition) is 6. The first kappa shape index (κ1) is 21.2. The fourth-order valence-electron chi connectivity index (χ4n) is 2.21. The van der Waals surface area contributed by atoms with Crippen molar-refractivity contribution in [2.75, 3.05) is 0 Å². The third kappa shape index (κ3) is 6.23. The van der Waals surface area contributed by atoms with Crippen LogP contribution in [-0.2, 0) is 19.6 Å². The topological polar surface area (TPSA) is 71.1 Å². The second kappa shape index (κ2) is 10.3. The number of hydrogen-bond donors (Lipinski definition) is 0. The molecule has 0 aliphatic carbocycles. The minimum atomic E-state index is -0.689. The summed E-state index contributed by atoms with van der Waals surface area (Å²) in [6, 6.07) is 14.0. The number of rotatable bonds is 6. The third-order valence-electron chi connectivity index (χ3n) is 3.76. The highest BCUT2D eigenvalue weighted by Gasteiger charge is 2.14. The van der Waals surface area contributed by atoms with E-state index in [1.54, 1.807) is 64.1 Å². The predicted octanol–water partition coefficient (Wildman–Crippen LogP) is 3.96. The van der Waals surface area contributed by atoms with Gasteiger partial charge < -0.3 is 0 Å². The van der Waals surface area contributed by atoms with Gasteiger partial charge in [0.25, 0.3) is 0 Å². The van der Waals surface area contributed by atoms with Crippen LogP contribution in [0.4, 0.5) is 0 Å². The SMILES string of the molecule is Cc1ccccc1C(=O)OOC(C)C#CC(C)OOC(=O)c1ccccc1C. The van der Waals surface area contributed by atoms with E-state index in [9.17, 15) is 9.59 Å². The van der Waals surface area contributed by atoms with Crippen LogP contribution in [0.25, 0.3) is 0 Å². The van der Waals surface area contributed by atoms with Crippen molar-refractivity contribution in [1.82, 2.24) is 0 Å². The van der Waals surface area contributed by atoms with Crippen LogP contribution in [0, 0.1) is 25.7 Å². The van der Waals surface area contributed by atoms with E-state index in [4.69, 9.17) is 19.6 Å². The Balaban J connectivity index is 1.79. The molecule has 2 rings (SSSR count). The van der Waals surface area contributed by atoms with E-state index in [-0.39, 0.29) is 0 Å². The summed E-state index contributed by atoms with van der Waals surface area (Å²) in [4.78, 5) is 43.5. The number of carbonyl (C=O) groups excluding carboxylic acids is 2. The van der Waals surface area contributed by atoms with E-state index >= 15 is 0 Å². The molecule has 6 nitrogen and oxygen atoms in total. The maximum atomic E-state index is 12.0. The first-order valence-corrected chi connectivity index (χ1v) is 8.76. The zero-order valence-corrected chi connectivity index (χ0v) is 16.2. The van der Waals surface area contributed by atoms with Crippen LogP contribution < -0.4 is 0 Å². The molecule has 0 heterocycles. The van der Waals surface area contributed by atoms with Gasteiger partial charge in [-0.1, -0.05) is 48.2 Å². The molecule has 0 aromatic heterocycles. The van der Waals surface area contributed by atoms with Gasteiger partial charge in [-0.2, -0.15) is 9.78 Å². The van der Waals surface area contributed by atoms with E-state index < -0.39 is 24.1 Å². The molecular weight excluding hydrogens is 360 g/mol. The van der Waals surface area contributed by atoms with Gasteiger partial charge in [-0.3, -0.25) is 9.78 Å². The van der Waals surface area contributed by atoms with Crippen molar-refractivity contribution in [3.05, 3.63) is 70.8 Å².